The first-order valence-electron chi connectivity index (χ1n) is 11.9. The number of amides is 1. The minimum atomic E-state index is -1.26. The van der Waals surface area contributed by atoms with Crippen molar-refractivity contribution in [3.63, 3.8) is 0 Å². The molecule has 1 fully saturated rings. The lowest BCUT2D eigenvalue weighted by molar-refractivity contribution is -0.134. The smallest absolute Gasteiger partial charge is 0.328 e. The van der Waals surface area contributed by atoms with Gasteiger partial charge in [-0.1, -0.05) is 19.3 Å². The third-order valence-corrected chi connectivity index (χ3v) is 5.89. The molecule has 1 aliphatic carbocycles. The Morgan fingerprint density at radius 3 is 2.54 bits per heavy atom. The topological polar surface area (TPSA) is 157 Å². The van der Waals surface area contributed by atoms with Crippen LogP contribution in [0, 0.1) is 0 Å². The van der Waals surface area contributed by atoms with Crippen LogP contribution in [0.2, 0.25) is 0 Å². The number of carboxylic acid groups (broad SMARTS) is 2. The Balaban J connectivity index is 0.000000371. The molecule has 1 amide bonds. The third-order valence-electron chi connectivity index (χ3n) is 5.89. The van der Waals surface area contributed by atoms with Gasteiger partial charge in [0, 0.05) is 30.7 Å². The summed E-state index contributed by atoms with van der Waals surface area (Å²) in [6.45, 7) is 0.677. The highest BCUT2D eigenvalue weighted by molar-refractivity contribution is 5.94. The average molecular weight is 486 g/mol. The number of aromatic nitrogens is 4. The van der Waals surface area contributed by atoms with Crippen molar-refractivity contribution in [1.29, 1.82) is 0 Å². The predicted molar refractivity (Wildman–Crippen MR) is 126 cm³/mol. The first-order chi connectivity index (χ1) is 16.9. The largest absolute Gasteiger partial charge is 0.494 e. The van der Waals surface area contributed by atoms with E-state index in [1.165, 1.54) is 32.1 Å². The molecule has 0 spiro atoms. The SMILES string of the molecule is O=C(O)/C=C\C(=O)O.O=C1CCc2cc(OCCCCc3nnnn3C3CCCCC3)ccc2N1. The maximum absolute atomic E-state index is 11.4. The molecule has 3 N–H and O–H groups in total. The van der Waals surface area contributed by atoms with Gasteiger partial charge in [-0.15, -0.1) is 5.10 Å². The highest BCUT2D eigenvalue weighted by atomic mass is 16.5. The second-order valence-electron chi connectivity index (χ2n) is 8.51. The second-order valence-corrected chi connectivity index (χ2v) is 8.51. The molecule has 0 unspecified atom stereocenters. The molecule has 2 aromatic rings. The molecule has 4 rings (SSSR count). The second kappa shape index (κ2) is 13.2. The van der Waals surface area contributed by atoms with Crippen molar-refractivity contribution in [2.75, 3.05) is 11.9 Å². The van der Waals surface area contributed by atoms with Gasteiger partial charge in [-0.25, -0.2) is 14.3 Å². The van der Waals surface area contributed by atoms with E-state index in [1.807, 2.05) is 18.2 Å². The number of rotatable bonds is 9. The number of fused-ring (bicyclic) bond motifs is 1. The summed E-state index contributed by atoms with van der Waals surface area (Å²) in [7, 11) is 0. The van der Waals surface area contributed by atoms with Crippen molar-refractivity contribution >= 4 is 23.5 Å². The quantitative estimate of drug-likeness (QED) is 0.358. The molecule has 0 bridgehead atoms. The van der Waals surface area contributed by atoms with E-state index in [-0.39, 0.29) is 5.91 Å². The number of aliphatic carboxylic acids is 2. The number of carbonyl (C=O) groups excluding carboxylic acids is 1. The maximum atomic E-state index is 11.4. The third kappa shape index (κ3) is 8.51. The van der Waals surface area contributed by atoms with Gasteiger partial charge in [0.25, 0.3) is 0 Å². The summed E-state index contributed by atoms with van der Waals surface area (Å²) in [5, 5.41) is 30.9. The minimum Gasteiger partial charge on any atom is -0.494 e. The molecule has 0 saturated heterocycles. The number of nitrogens with one attached hydrogen (secondary N) is 1. The molecule has 1 saturated carbocycles. The van der Waals surface area contributed by atoms with Crippen molar-refractivity contribution in [1.82, 2.24) is 20.2 Å². The number of nitrogens with zero attached hydrogens (tertiary/aromatic N) is 4. The van der Waals surface area contributed by atoms with Crippen LogP contribution in [0.3, 0.4) is 0 Å². The van der Waals surface area contributed by atoms with Gasteiger partial charge in [0.05, 0.1) is 12.6 Å². The maximum Gasteiger partial charge on any atom is 0.328 e. The zero-order chi connectivity index (χ0) is 25.0. The van der Waals surface area contributed by atoms with Crippen LogP contribution in [0.1, 0.15) is 68.8 Å². The first-order valence-corrected chi connectivity index (χ1v) is 11.9. The van der Waals surface area contributed by atoms with E-state index in [0.717, 1.165) is 48.5 Å². The Hall–Kier alpha value is -3.76. The van der Waals surface area contributed by atoms with Crippen LogP contribution >= 0.6 is 0 Å². The van der Waals surface area contributed by atoms with Crippen LogP contribution in [0.25, 0.3) is 0 Å². The molecular formula is C24H31N5O6. The summed E-state index contributed by atoms with van der Waals surface area (Å²) in [5.74, 6) is -0.546. The minimum absolute atomic E-state index is 0.0896. The van der Waals surface area contributed by atoms with E-state index in [2.05, 4.69) is 25.5 Å². The average Bonchev–Trinajstić information content (AvgIpc) is 3.32. The summed E-state index contributed by atoms with van der Waals surface area (Å²) in [4.78, 5) is 30.5. The molecular weight excluding hydrogens is 454 g/mol. The van der Waals surface area contributed by atoms with Gasteiger partial charge in [-0.05, 0) is 66.3 Å². The van der Waals surface area contributed by atoms with E-state index in [4.69, 9.17) is 14.9 Å². The van der Waals surface area contributed by atoms with Gasteiger partial charge in [-0.2, -0.15) is 0 Å². The highest BCUT2D eigenvalue weighted by Gasteiger charge is 2.19. The van der Waals surface area contributed by atoms with Crippen molar-refractivity contribution in [2.45, 2.75) is 70.3 Å². The number of tetrazole rings is 1. The fraction of sp³-hybridized carbons (Fsp3) is 0.500. The van der Waals surface area contributed by atoms with Crippen molar-refractivity contribution in [3.05, 3.63) is 41.7 Å². The Morgan fingerprint density at radius 2 is 1.83 bits per heavy atom. The van der Waals surface area contributed by atoms with Gasteiger partial charge in [-0.3, -0.25) is 4.79 Å². The lowest BCUT2D eigenvalue weighted by Gasteiger charge is -2.22. The van der Waals surface area contributed by atoms with E-state index in [1.54, 1.807) is 0 Å². The van der Waals surface area contributed by atoms with Crippen LogP contribution in [0.4, 0.5) is 5.69 Å². The molecule has 0 radical (unpaired) electrons. The van der Waals surface area contributed by atoms with Gasteiger partial charge in [0.2, 0.25) is 5.91 Å². The van der Waals surface area contributed by atoms with Crippen molar-refractivity contribution in [3.8, 4) is 5.75 Å². The van der Waals surface area contributed by atoms with E-state index >= 15 is 0 Å². The molecule has 2 aliphatic rings. The number of ether oxygens (including phenoxy) is 1. The lowest BCUT2D eigenvalue weighted by atomic mass is 9.95. The molecule has 1 aromatic heterocycles. The van der Waals surface area contributed by atoms with Crippen LogP contribution in [0.15, 0.2) is 30.4 Å². The van der Waals surface area contributed by atoms with E-state index < -0.39 is 11.9 Å². The summed E-state index contributed by atoms with van der Waals surface area (Å²) >= 11 is 0. The highest BCUT2D eigenvalue weighted by Crippen LogP contribution is 2.28. The Labute approximate surface area is 203 Å². The molecule has 188 valence electrons. The summed E-state index contributed by atoms with van der Waals surface area (Å²) in [5.41, 5.74) is 2.06. The monoisotopic (exact) mass is 485 g/mol. The number of anilines is 1. The zero-order valence-corrected chi connectivity index (χ0v) is 19.6. The van der Waals surface area contributed by atoms with Gasteiger partial charge in [0.1, 0.15) is 5.75 Å². The molecule has 0 atom stereocenters. The number of hydrogen-bond donors (Lipinski definition) is 3. The van der Waals surface area contributed by atoms with Crippen LogP contribution < -0.4 is 10.1 Å². The number of carboxylic acids is 2. The van der Waals surface area contributed by atoms with Crippen LogP contribution in [-0.4, -0.2) is 54.9 Å². The molecule has 35 heavy (non-hydrogen) atoms. The van der Waals surface area contributed by atoms with E-state index in [9.17, 15) is 14.4 Å². The van der Waals surface area contributed by atoms with Gasteiger partial charge < -0.3 is 20.3 Å². The van der Waals surface area contributed by atoms with Crippen molar-refractivity contribution in [2.24, 2.45) is 0 Å². The Kier molecular flexibility index (Phi) is 9.76. The van der Waals surface area contributed by atoms with E-state index in [0.29, 0.717) is 31.2 Å². The van der Waals surface area contributed by atoms with Gasteiger partial charge in [0.15, 0.2) is 5.82 Å². The van der Waals surface area contributed by atoms with Crippen molar-refractivity contribution < 1.29 is 29.3 Å². The summed E-state index contributed by atoms with van der Waals surface area (Å²) in [6.07, 6.45) is 11.6. The first kappa shape index (κ1) is 25.9. The number of benzene rings is 1. The molecule has 1 aromatic carbocycles. The predicted octanol–water partition coefficient (Wildman–Crippen LogP) is 3.18. The van der Waals surface area contributed by atoms with Crippen LogP contribution in [0.5, 0.6) is 5.75 Å². The standard InChI is InChI=1S/C20H27N5O2.C4H4O4/c26-20-12-9-15-14-17(10-11-18(15)21-20)27-13-5-4-8-19-22-23-24-25(19)16-6-2-1-3-7-16;5-3(6)1-2-4(7)8/h10-11,14,16H,1-9,12-13H2,(H,21,26);1-2H,(H,5,6)(H,7,8)/b;2-1-. The summed E-state index contributed by atoms with van der Waals surface area (Å²) < 4.78 is 7.95. The molecule has 1 aliphatic heterocycles. The Morgan fingerprint density at radius 1 is 1.09 bits per heavy atom. The normalized spacial score (nSPS) is 15.6. The zero-order valence-electron chi connectivity index (χ0n) is 19.6. The number of hydrogen-bond acceptors (Lipinski definition) is 7. The fourth-order valence-electron chi connectivity index (χ4n) is 4.15. The number of aryl methyl sites for hydroxylation is 2. The Bertz CT molecular complexity index is 1030. The fourth-order valence-corrected chi connectivity index (χ4v) is 4.15. The lowest BCUT2D eigenvalue weighted by Crippen LogP contribution is -2.18. The molecule has 11 heteroatoms. The number of unbranched alkanes of at least 4 members (excludes halogenated alkanes) is 1. The molecule has 2 heterocycles. The van der Waals surface area contributed by atoms with Gasteiger partial charge >= 0.3 is 11.9 Å². The molecule has 11 nitrogen and oxygen atoms in total. The summed E-state index contributed by atoms with van der Waals surface area (Å²) in [6, 6.07) is 6.38. The number of carbonyl (C=O) groups is 3. The van der Waals surface area contributed by atoms with Crippen LogP contribution in [-0.2, 0) is 27.2 Å².